The van der Waals surface area contributed by atoms with Crippen molar-refractivity contribution in [3.8, 4) is 0 Å². The summed E-state index contributed by atoms with van der Waals surface area (Å²) >= 11 is 0. The van der Waals surface area contributed by atoms with Gasteiger partial charge in [0.25, 0.3) is 0 Å². The van der Waals surface area contributed by atoms with Crippen LogP contribution in [0.15, 0.2) is 0 Å². The highest BCUT2D eigenvalue weighted by atomic mass is 16.2. The van der Waals surface area contributed by atoms with Gasteiger partial charge in [0.1, 0.15) is 0 Å². The van der Waals surface area contributed by atoms with Crippen LogP contribution in [0.25, 0.3) is 0 Å². The van der Waals surface area contributed by atoms with Crippen LogP contribution < -0.4 is 0 Å². The first-order valence-corrected chi connectivity index (χ1v) is 6.80. The van der Waals surface area contributed by atoms with E-state index in [4.69, 9.17) is 0 Å². The maximum atomic E-state index is 12.1. The second-order valence-electron chi connectivity index (χ2n) is 6.67. The van der Waals surface area contributed by atoms with E-state index in [9.17, 15) is 4.79 Å². The van der Waals surface area contributed by atoms with Crippen molar-refractivity contribution in [2.75, 3.05) is 6.54 Å². The van der Waals surface area contributed by atoms with E-state index in [1.807, 2.05) is 0 Å². The van der Waals surface area contributed by atoms with Crippen molar-refractivity contribution in [1.29, 1.82) is 0 Å². The van der Waals surface area contributed by atoms with Crippen LogP contribution in [0.2, 0.25) is 0 Å². The lowest BCUT2D eigenvalue weighted by molar-refractivity contribution is -0.209. The molecular formula is C14H23NO. The Bertz CT molecular complexity index is 336. The number of nitrogens with zero attached hydrogens (tertiary/aromatic N) is 1. The van der Waals surface area contributed by atoms with E-state index in [1.165, 1.54) is 19.3 Å². The van der Waals surface area contributed by atoms with E-state index in [2.05, 4.69) is 25.7 Å². The van der Waals surface area contributed by atoms with Gasteiger partial charge in [-0.3, -0.25) is 4.79 Å². The molecule has 16 heavy (non-hydrogen) atoms. The quantitative estimate of drug-likeness (QED) is 0.666. The van der Waals surface area contributed by atoms with Gasteiger partial charge in [-0.05, 0) is 42.9 Å². The van der Waals surface area contributed by atoms with Crippen molar-refractivity contribution in [2.24, 2.45) is 17.3 Å². The zero-order valence-corrected chi connectivity index (χ0v) is 10.8. The number of hydrogen-bond acceptors (Lipinski definition) is 1. The van der Waals surface area contributed by atoms with Crippen LogP contribution in [0, 0.1) is 17.3 Å². The molecule has 0 radical (unpaired) electrons. The fraction of sp³-hybridized carbons (Fsp3) is 0.929. The van der Waals surface area contributed by atoms with Gasteiger partial charge in [-0.2, -0.15) is 0 Å². The Morgan fingerprint density at radius 3 is 2.56 bits per heavy atom. The Morgan fingerprint density at radius 2 is 2.06 bits per heavy atom. The molecule has 0 spiro atoms. The molecule has 2 nitrogen and oxygen atoms in total. The van der Waals surface area contributed by atoms with E-state index < -0.39 is 0 Å². The van der Waals surface area contributed by atoms with Crippen LogP contribution >= 0.6 is 0 Å². The van der Waals surface area contributed by atoms with Gasteiger partial charge in [0.15, 0.2) is 0 Å². The minimum Gasteiger partial charge on any atom is -0.336 e. The molecular weight excluding hydrogens is 198 g/mol. The molecule has 3 atom stereocenters. The van der Waals surface area contributed by atoms with Gasteiger partial charge in [0.2, 0.25) is 5.91 Å². The Balaban J connectivity index is 1.99. The molecule has 4 aliphatic rings. The molecule has 0 aromatic heterocycles. The van der Waals surface area contributed by atoms with Crippen molar-refractivity contribution in [3.63, 3.8) is 0 Å². The first kappa shape index (κ1) is 10.6. The first-order chi connectivity index (χ1) is 7.50. The van der Waals surface area contributed by atoms with Crippen LogP contribution in [0.4, 0.5) is 0 Å². The predicted molar refractivity (Wildman–Crippen MR) is 64.0 cm³/mol. The second kappa shape index (κ2) is 3.02. The molecule has 4 fully saturated rings. The molecule has 90 valence electrons. The minimum atomic E-state index is 0.212. The number of hydrogen-bond donors (Lipinski definition) is 0. The molecule has 4 rings (SSSR count). The Hall–Kier alpha value is -0.530. The van der Waals surface area contributed by atoms with Crippen LogP contribution in [0.5, 0.6) is 0 Å². The average Bonchev–Trinajstić information content (AvgIpc) is 2.64. The summed E-state index contributed by atoms with van der Waals surface area (Å²) in [5.41, 5.74) is 0.564. The summed E-state index contributed by atoms with van der Waals surface area (Å²) < 4.78 is 0. The van der Waals surface area contributed by atoms with Crippen LogP contribution in [0.3, 0.4) is 0 Å². The normalized spacial score (nSPS) is 45.7. The molecule has 0 aromatic carbocycles. The molecule has 1 amide bonds. The summed E-state index contributed by atoms with van der Waals surface area (Å²) in [7, 11) is 0. The van der Waals surface area contributed by atoms with E-state index >= 15 is 0 Å². The van der Waals surface area contributed by atoms with Crippen LogP contribution in [0.1, 0.15) is 52.9 Å². The lowest BCUT2D eigenvalue weighted by Crippen LogP contribution is -2.74. The summed E-state index contributed by atoms with van der Waals surface area (Å²) in [5, 5.41) is 0. The number of carbonyl (C=O) groups is 1. The van der Waals surface area contributed by atoms with Crippen LogP contribution in [-0.2, 0) is 4.79 Å². The number of amides is 1. The van der Waals surface area contributed by atoms with Crippen molar-refractivity contribution < 1.29 is 4.79 Å². The monoisotopic (exact) mass is 221 g/mol. The van der Waals surface area contributed by atoms with Gasteiger partial charge in [-0.15, -0.1) is 0 Å². The molecule has 3 saturated carbocycles. The van der Waals surface area contributed by atoms with Gasteiger partial charge in [0.05, 0.1) is 5.54 Å². The Morgan fingerprint density at radius 1 is 1.31 bits per heavy atom. The van der Waals surface area contributed by atoms with Crippen molar-refractivity contribution in [2.45, 2.75) is 58.4 Å². The topological polar surface area (TPSA) is 20.3 Å². The Kier molecular flexibility index (Phi) is 2.01. The van der Waals surface area contributed by atoms with Crippen LogP contribution in [-0.4, -0.2) is 22.9 Å². The van der Waals surface area contributed by atoms with Gasteiger partial charge >= 0.3 is 0 Å². The molecule has 1 saturated heterocycles. The third-order valence-electron chi connectivity index (χ3n) is 6.01. The second-order valence-corrected chi connectivity index (χ2v) is 6.67. The summed E-state index contributed by atoms with van der Waals surface area (Å²) in [6, 6.07) is 0. The van der Waals surface area contributed by atoms with Gasteiger partial charge in [-0.25, -0.2) is 0 Å². The highest BCUT2D eigenvalue weighted by Gasteiger charge is 2.68. The maximum Gasteiger partial charge on any atom is 0.223 e. The standard InChI is InChI=1S/C14H23NO/c1-10-6-7-11-9-14(10,13(11,2)3)15-8-4-5-12(15)16/h10-11H,4-9H2,1-3H3. The molecule has 1 aliphatic heterocycles. The summed E-state index contributed by atoms with van der Waals surface area (Å²) in [4.78, 5) is 14.3. The van der Waals surface area contributed by atoms with Gasteiger partial charge in [0, 0.05) is 13.0 Å². The fourth-order valence-corrected chi connectivity index (χ4v) is 4.90. The Labute approximate surface area is 98.4 Å². The minimum absolute atomic E-state index is 0.212. The maximum absolute atomic E-state index is 12.1. The lowest BCUT2D eigenvalue weighted by Gasteiger charge is -2.71. The van der Waals surface area contributed by atoms with Crippen molar-refractivity contribution in [1.82, 2.24) is 4.90 Å². The highest BCUT2D eigenvalue weighted by molar-refractivity contribution is 5.79. The third kappa shape index (κ3) is 0.970. The first-order valence-electron chi connectivity index (χ1n) is 6.80. The molecule has 2 heteroatoms. The third-order valence-corrected chi connectivity index (χ3v) is 6.01. The molecule has 3 aliphatic carbocycles. The smallest absolute Gasteiger partial charge is 0.223 e. The molecule has 1 heterocycles. The number of likely N-dealkylation sites (tertiary alicyclic amines) is 1. The summed E-state index contributed by atoms with van der Waals surface area (Å²) in [5.74, 6) is 1.96. The lowest BCUT2D eigenvalue weighted by atomic mass is 9.40. The largest absolute Gasteiger partial charge is 0.336 e. The van der Waals surface area contributed by atoms with Crippen molar-refractivity contribution >= 4 is 5.91 Å². The molecule has 3 unspecified atom stereocenters. The van der Waals surface area contributed by atoms with Gasteiger partial charge < -0.3 is 4.90 Å². The number of fused-ring (bicyclic) bond motifs is 2. The summed E-state index contributed by atoms with van der Waals surface area (Å²) in [6.07, 6.45) is 5.83. The average molecular weight is 221 g/mol. The van der Waals surface area contributed by atoms with E-state index in [1.54, 1.807) is 0 Å². The fourth-order valence-electron chi connectivity index (χ4n) is 4.90. The van der Waals surface area contributed by atoms with Gasteiger partial charge in [-0.1, -0.05) is 20.8 Å². The number of carbonyl (C=O) groups excluding carboxylic acids is 1. The molecule has 2 bridgehead atoms. The number of rotatable bonds is 1. The zero-order valence-electron chi connectivity index (χ0n) is 10.8. The zero-order chi connectivity index (χ0) is 11.6. The van der Waals surface area contributed by atoms with E-state index in [0.717, 1.165) is 25.3 Å². The van der Waals surface area contributed by atoms with E-state index in [0.29, 0.717) is 17.2 Å². The SMILES string of the molecule is CC1CCC2CC1(N1CCCC1=O)C2(C)C. The molecule has 0 N–H and O–H groups in total. The molecule has 0 aromatic rings. The highest BCUT2D eigenvalue weighted by Crippen LogP contribution is 2.67. The van der Waals surface area contributed by atoms with E-state index in [-0.39, 0.29) is 5.54 Å². The predicted octanol–water partition coefficient (Wildman–Crippen LogP) is 2.82. The van der Waals surface area contributed by atoms with Crippen molar-refractivity contribution in [3.05, 3.63) is 0 Å². The summed E-state index contributed by atoms with van der Waals surface area (Å²) in [6.45, 7) is 8.16.